The highest BCUT2D eigenvalue weighted by Gasteiger charge is 2.30. The number of anilines is 1. The molecule has 3 aromatic carbocycles. The van der Waals surface area contributed by atoms with Gasteiger partial charge in [-0.25, -0.2) is 9.59 Å². The van der Waals surface area contributed by atoms with E-state index in [1.54, 1.807) is 24.3 Å². The molecule has 0 unspecified atom stereocenters. The zero-order chi connectivity index (χ0) is 33.8. The van der Waals surface area contributed by atoms with Gasteiger partial charge >= 0.3 is 12.1 Å². The first-order chi connectivity index (χ1) is 22.7. The maximum atomic E-state index is 13.4. The lowest BCUT2D eigenvalue weighted by Crippen LogP contribution is -2.54. The Hall–Kier alpha value is -4.94. The lowest BCUT2D eigenvalue weighted by atomic mass is 9.98. The molecule has 0 saturated carbocycles. The van der Waals surface area contributed by atoms with Crippen LogP contribution < -0.4 is 32.3 Å². The van der Waals surface area contributed by atoms with Crippen molar-refractivity contribution in [1.29, 1.82) is 0 Å². The average Bonchev–Trinajstić information content (AvgIpc) is 3.38. The number of amides is 5. The molecule has 0 spiro atoms. The SMILES string of the molecule is CC(C)[C@H](NCCNC(=O)OCC1c2ccccc2-c2ccccc21)C(=O)N[C@@H](CCCNC(N)=O)C(=O)Nc1ccc(CO)cc1. The van der Waals surface area contributed by atoms with Crippen LogP contribution in [0.25, 0.3) is 11.1 Å². The van der Waals surface area contributed by atoms with E-state index in [-0.39, 0.29) is 57.0 Å². The number of aliphatic hydroxyl groups excluding tert-OH is 1. The predicted octanol–water partition coefficient (Wildman–Crippen LogP) is 3.20. The van der Waals surface area contributed by atoms with E-state index < -0.39 is 30.1 Å². The molecule has 2 atom stereocenters. The monoisotopic (exact) mass is 644 g/mol. The molecule has 3 aromatic rings. The van der Waals surface area contributed by atoms with Crippen molar-refractivity contribution in [3.63, 3.8) is 0 Å². The van der Waals surface area contributed by atoms with Gasteiger partial charge in [0.25, 0.3) is 0 Å². The van der Waals surface area contributed by atoms with Gasteiger partial charge in [-0.05, 0) is 58.7 Å². The molecule has 5 amide bonds. The largest absolute Gasteiger partial charge is 0.449 e. The fraction of sp³-hybridized carbons (Fsp3) is 0.371. The van der Waals surface area contributed by atoms with Crippen molar-refractivity contribution in [3.05, 3.63) is 89.5 Å². The maximum absolute atomic E-state index is 13.4. The Bertz CT molecular complexity index is 1480. The van der Waals surface area contributed by atoms with Gasteiger partial charge in [0.05, 0.1) is 12.6 Å². The number of ether oxygens (including phenoxy) is 1. The molecule has 12 heteroatoms. The first kappa shape index (κ1) is 34.9. The number of nitrogens with two attached hydrogens (primary N) is 1. The second-order valence-corrected chi connectivity index (χ2v) is 11.8. The number of hydrogen-bond acceptors (Lipinski definition) is 7. The fourth-order valence-electron chi connectivity index (χ4n) is 5.64. The first-order valence-corrected chi connectivity index (χ1v) is 15.8. The van der Waals surface area contributed by atoms with Gasteiger partial charge in [0.1, 0.15) is 12.6 Å². The van der Waals surface area contributed by atoms with Gasteiger partial charge in [0.15, 0.2) is 0 Å². The van der Waals surface area contributed by atoms with Crippen molar-refractivity contribution < 1.29 is 29.0 Å². The van der Waals surface area contributed by atoms with Crippen molar-refractivity contribution in [2.45, 2.75) is 51.3 Å². The average molecular weight is 645 g/mol. The number of urea groups is 1. The number of aliphatic hydroxyl groups is 1. The standard InChI is InChI=1S/C35H44N6O6/c1-22(2)31(33(44)41-30(12-7-17-38-34(36)45)32(43)40-24-15-13-23(20-42)14-16-24)37-18-19-39-35(46)47-21-29-27-10-5-3-8-25(27)26-9-4-6-11-28(26)29/h3-6,8-11,13-16,22,29-31,37,42H,7,12,17-21H2,1-2H3,(H,39,46)(H,40,43)(H,41,44)(H3,36,38,45)/t30-,31-/m0/s1. The summed E-state index contributed by atoms with van der Waals surface area (Å²) in [6.07, 6.45) is 0.0996. The Morgan fingerprint density at radius 2 is 1.47 bits per heavy atom. The van der Waals surface area contributed by atoms with E-state index in [2.05, 4.69) is 50.8 Å². The molecule has 0 radical (unpaired) electrons. The Kier molecular flexibility index (Phi) is 12.7. The molecule has 0 aromatic heterocycles. The number of benzene rings is 3. The minimum Gasteiger partial charge on any atom is -0.449 e. The molecule has 1 aliphatic rings. The molecule has 8 N–H and O–H groups in total. The van der Waals surface area contributed by atoms with Crippen molar-refractivity contribution in [2.75, 3.05) is 31.6 Å². The Labute approximate surface area is 274 Å². The van der Waals surface area contributed by atoms with Crippen LogP contribution in [0.15, 0.2) is 72.8 Å². The normalized spacial score (nSPS) is 13.2. The van der Waals surface area contributed by atoms with E-state index in [0.717, 1.165) is 22.3 Å². The van der Waals surface area contributed by atoms with Crippen molar-refractivity contribution in [2.24, 2.45) is 11.7 Å². The first-order valence-electron chi connectivity index (χ1n) is 15.8. The van der Waals surface area contributed by atoms with Gasteiger partial charge < -0.3 is 42.2 Å². The number of carbonyl (C=O) groups excluding carboxylic acids is 4. The van der Waals surface area contributed by atoms with Gasteiger partial charge in [-0.1, -0.05) is 74.5 Å². The van der Waals surface area contributed by atoms with E-state index in [0.29, 0.717) is 17.7 Å². The molecule has 0 aliphatic heterocycles. The van der Waals surface area contributed by atoms with E-state index in [9.17, 15) is 24.3 Å². The van der Waals surface area contributed by atoms with Crippen LogP contribution in [0.3, 0.4) is 0 Å². The molecular formula is C35H44N6O6. The van der Waals surface area contributed by atoms with Crippen LogP contribution in [0.5, 0.6) is 0 Å². The lowest BCUT2D eigenvalue weighted by molar-refractivity contribution is -0.128. The smallest absolute Gasteiger partial charge is 0.407 e. The Morgan fingerprint density at radius 3 is 2.06 bits per heavy atom. The van der Waals surface area contributed by atoms with Crippen molar-refractivity contribution >= 4 is 29.6 Å². The van der Waals surface area contributed by atoms with Crippen LogP contribution in [0.2, 0.25) is 0 Å². The third-order valence-electron chi connectivity index (χ3n) is 8.06. The Balaban J connectivity index is 1.27. The highest BCUT2D eigenvalue weighted by Crippen LogP contribution is 2.44. The van der Waals surface area contributed by atoms with E-state index in [4.69, 9.17) is 10.5 Å². The highest BCUT2D eigenvalue weighted by molar-refractivity contribution is 5.98. The van der Waals surface area contributed by atoms with Gasteiger partial charge in [-0.2, -0.15) is 0 Å². The van der Waals surface area contributed by atoms with Crippen LogP contribution in [0.4, 0.5) is 15.3 Å². The zero-order valence-electron chi connectivity index (χ0n) is 26.8. The fourth-order valence-corrected chi connectivity index (χ4v) is 5.64. The van der Waals surface area contributed by atoms with Crippen LogP contribution in [0.1, 0.15) is 49.3 Å². The molecule has 4 rings (SSSR count). The summed E-state index contributed by atoms with van der Waals surface area (Å²) in [7, 11) is 0. The van der Waals surface area contributed by atoms with Gasteiger partial charge in [0, 0.05) is 31.2 Å². The summed E-state index contributed by atoms with van der Waals surface area (Å²) in [5.41, 5.74) is 10.9. The molecule has 47 heavy (non-hydrogen) atoms. The molecule has 1 aliphatic carbocycles. The summed E-state index contributed by atoms with van der Waals surface area (Å²) in [5.74, 6) is -0.971. The topological polar surface area (TPSA) is 184 Å². The van der Waals surface area contributed by atoms with Crippen molar-refractivity contribution in [3.8, 4) is 11.1 Å². The molecule has 0 bridgehead atoms. The second kappa shape index (κ2) is 17.1. The van der Waals surface area contributed by atoms with E-state index in [1.807, 2.05) is 38.1 Å². The summed E-state index contributed by atoms with van der Waals surface area (Å²) < 4.78 is 5.60. The summed E-state index contributed by atoms with van der Waals surface area (Å²) in [6, 6.07) is 20.7. The number of nitrogens with one attached hydrogen (secondary N) is 5. The minimum atomic E-state index is -0.892. The van der Waals surface area contributed by atoms with E-state index in [1.165, 1.54) is 0 Å². The third-order valence-corrected chi connectivity index (χ3v) is 8.06. The number of rotatable bonds is 16. The molecule has 0 fully saturated rings. The molecule has 12 nitrogen and oxygen atoms in total. The number of primary amides is 1. The van der Waals surface area contributed by atoms with Crippen molar-refractivity contribution in [1.82, 2.24) is 21.3 Å². The Morgan fingerprint density at radius 1 is 0.830 bits per heavy atom. The van der Waals surface area contributed by atoms with Crippen LogP contribution in [-0.4, -0.2) is 67.4 Å². The van der Waals surface area contributed by atoms with Gasteiger partial charge in [0.2, 0.25) is 11.8 Å². The van der Waals surface area contributed by atoms with Crippen LogP contribution in [-0.2, 0) is 20.9 Å². The molecule has 0 heterocycles. The summed E-state index contributed by atoms with van der Waals surface area (Å²) in [6.45, 7) is 4.60. The van der Waals surface area contributed by atoms with Gasteiger partial charge in [-0.15, -0.1) is 0 Å². The second-order valence-electron chi connectivity index (χ2n) is 11.8. The van der Waals surface area contributed by atoms with E-state index >= 15 is 0 Å². The quantitative estimate of drug-likeness (QED) is 0.117. The highest BCUT2D eigenvalue weighted by atomic mass is 16.5. The summed E-state index contributed by atoms with van der Waals surface area (Å²) in [4.78, 5) is 50.2. The number of fused-ring (bicyclic) bond motifs is 3. The molecular weight excluding hydrogens is 600 g/mol. The summed E-state index contributed by atoms with van der Waals surface area (Å²) in [5, 5.41) is 23.3. The minimum absolute atomic E-state index is 0.0445. The lowest BCUT2D eigenvalue weighted by Gasteiger charge is -2.25. The number of hydrogen-bond donors (Lipinski definition) is 7. The summed E-state index contributed by atoms with van der Waals surface area (Å²) >= 11 is 0. The van der Waals surface area contributed by atoms with Crippen LogP contribution in [0, 0.1) is 5.92 Å². The number of alkyl carbamates (subject to hydrolysis) is 1. The molecule has 0 saturated heterocycles. The van der Waals surface area contributed by atoms with Gasteiger partial charge in [-0.3, -0.25) is 9.59 Å². The maximum Gasteiger partial charge on any atom is 0.407 e. The third kappa shape index (κ3) is 9.77. The molecule has 250 valence electrons. The zero-order valence-corrected chi connectivity index (χ0v) is 26.8. The number of carbonyl (C=O) groups is 4. The predicted molar refractivity (Wildman–Crippen MR) is 179 cm³/mol. The van der Waals surface area contributed by atoms with Crippen LogP contribution >= 0.6 is 0 Å².